The number of aliphatic hydroxyl groups is 1. The summed E-state index contributed by atoms with van der Waals surface area (Å²) in [4.78, 5) is 13.9. The van der Waals surface area contributed by atoms with E-state index in [1.165, 1.54) is 0 Å². The maximum Gasteiger partial charge on any atom is 0.178 e. The third kappa shape index (κ3) is 2.51. The van der Waals surface area contributed by atoms with E-state index >= 15 is 0 Å². The molecule has 1 aromatic heterocycles. The molecule has 4 nitrogen and oxygen atoms in total. The van der Waals surface area contributed by atoms with Gasteiger partial charge in [-0.15, -0.1) is 0 Å². The van der Waals surface area contributed by atoms with E-state index in [1.807, 2.05) is 41.9 Å². The Bertz CT molecular complexity index is 395. The van der Waals surface area contributed by atoms with Crippen molar-refractivity contribution in [3.05, 3.63) is 24.0 Å². The molecule has 4 heteroatoms. The molecular weight excluding hydrogens is 204 g/mol. The lowest BCUT2D eigenvalue weighted by atomic mass is 10.1. The van der Waals surface area contributed by atoms with Crippen LogP contribution in [-0.2, 0) is 7.05 Å². The Morgan fingerprint density at radius 3 is 2.88 bits per heavy atom. The molecule has 16 heavy (non-hydrogen) atoms. The summed E-state index contributed by atoms with van der Waals surface area (Å²) >= 11 is 0. The number of aromatic nitrogens is 1. The molecule has 1 fully saturated rings. The van der Waals surface area contributed by atoms with Gasteiger partial charge >= 0.3 is 0 Å². The van der Waals surface area contributed by atoms with Crippen molar-refractivity contribution in [3.8, 4) is 0 Å². The second-order valence-electron chi connectivity index (χ2n) is 4.95. The summed E-state index contributed by atoms with van der Waals surface area (Å²) in [7, 11) is 1.90. The average molecular weight is 222 g/mol. The first kappa shape index (κ1) is 11.4. The van der Waals surface area contributed by atoms with Crippen molar-refractivity contribution in [1.29, 1.82) is 0 Å². The zero-order valence-corrected chi connectivity index (χ0v) is 9.81. The number of carbonyl (C=O) groups is 1. The van der Waals surface area contributed by atoms with E-state index in [4.69, 9.17) is 0 Å². The summed E-state index contributed by atoms with van der Waals surface area (Å²) in [5.41, 5.74) is 0.116. The summed E-state index contributed by atoms with van der Waals surface area (Å²) in [6.45, 7) is 3.61. The Morgan fingerprint density at radius 2 is 2.38 bits per heavy atom. The van der Waals surface area contributed by atoms with Gasteiger partial charge in [0.2, 0.25) is 0 Å². The van der Waals surface area contributed by atoms with E-state index in [0.29, 0.717) is 13.1 Å². The largest absolute Gasteiger partial charge is 0.389 e. The zero-order valence-electron chi connectivity index (χ0n) is 9.81. The molecule has 1 aliphatic rings. The van der Waals surface area contributed by atoms with Gasteiger partial charge in [-0.1, -0.05) is 0 Å². The van der Waals surface area contributed by atoms with Crippen molar-refractivity contribution >= 4 is 5.78 Å². The van der Waals surface area contributed by atoms with Gasteiger partial charge in [-0.2, -0.15) is 0 Å². The smallest absolute Gasteiger partial charge is 0.178 e. The summed E-state index contributed by atoms with van der Waals surface area (Å²) in [5, 5.41) is 9.80. The number of nitrogens with zero attached hydrogens (tertiary/aromatic N) is 2. The standard InChI is InChI=1S/C12H18N2O2/c1-12(16)4-6-14(9-12)8-11(15)10-3-5-13(2)7-10/h3,5,7,16H,4,6,8-9H2,1-2H3. The van der Waals surface area contributed by atoms with Crippen molar-refractivity contribution < 1.29 is 9.90 Å². The van der Waals surface area contributed by atoms with E-state index in [1.54, 1.807) is 0 Å². The first-order chi connectivity index (χ1) is 7.46. The number of likely N-dealkylation sites (tertiary alicyclic amines) is 1. The number of aryl methyl sites for hydroxylation is 1. The van der Waals surface area contributed by atoms with Crippen LogP contribution in [0.3, 0.4) is 0 Å². The van der Waals surface area contributed by atoms with Gasteiger partial charge < -0.3 is 9.67 Å². The highest BCUT2D eigenvalue weighted by atomic mass is 16.3. The van der Waals surface area contributed by atoms with E-state index in [2.05, 4.69) is 0 Å². The quantitative estimate of drug-likeness (QED) is 0.764. The second kappa shape index (κ2) is 4.03. The number of hydrogen-bond acceptors (Lipinski definition) is 3. The summed E-state index contributed by atoms with van der Waals surface area (Å²) < 4.78 is 1.87. The zero-order chi connectivity index (χ0) is 11.8. The molecule has 88 valence electrons. The van der Waals surface area contributed by atoms with Crippen molar-refractivity contribution in [3.63, 3.8) is 0 Å². The number of carbonyl (C=O) groups excluding carboxylic acids is 1. The molecule has 2 heterocycles. The number of rotatable bonds is 3. The van der Waals surface area contributed by atoms with Crippen LogP contribution in [0.25, 0.3) is 0 Å². The third-order valence-electron chi connectivity index (χ3n) is 3.05. The van der Waals surface area contributed by atoms with Gasteiger partial charge in [0.25, 0.3) is 0 Å². The highest BCUT2D eigenvalue weighted by molar-refractivity contribution is 5.97. The van der Waals surface area contributed by atoms with Crippen LogP contribution in [0.2, 0.25) is 0 Å². The van der Waals surface area contributed by atoms with Gasteiger partial charge in [0.05, 0.1) is 12.1 Å². The molecule has 0 spiro atoms. The normalized spacial score (nSPS) is 26.2. The van der Waals surface area contributed by atoms with Crippen LogP contribution in [0.5, 0.6) is 0 Å². The van der Waals surface area contributed by atoms with Gasteiger partial charge in [0.15, 0.2) is 5.78 Å². The Morgan fingerprint density at radius 1 is 1.62 bits per heavy atom. The number of β-amino-alcohol motifs (C(OH)–C–C–N with tert-alkyl or cyclic N) is 1. The van der Waals surface area contributed by atoms with Gasteiger partial charge in [-0.3, -0.25) is 9.69 Å². The number of Topliss-reactive ketones (excluding diaryl/α,β-unsaturated/α-hetero) is 1. The van der Waals surface area contributed by atoms with E-state index in [-0.39, 0.29) is 5.78 Å². The Kier molecular flexibility index (Phi) is 2.86. The topological polar surface area (TPSA) is 45.5 Å². The van der Waals surface area contributed by atoms with Crippen LogP contribution in [0.1, 0.15) is 23.7 Å². The van der Waals surface area contributed by atoms with E-state index in [9.17, 15) is 9.90 Å². The van der Waals surface area contributed by atoms with Crippen LogP contribution >= 0.6 is 0 Å². The highest BCUT2D eigenvalue weighted by Gasteiger charge is 2.32. The molecule has 0 aromatic carbocycles. The predicted molar refractivity (Wildman–Crippen MR) is 61.4 cm³/mol. The Balaban J connectivity index is 1.94. The van der Waals surface area contributed by atoms with E-state index < -0.39 is 5.60 Å². The Labute approximate surface area is 95.5 Å². The molecule has 1 aromatic rings. The summed E-state index contributed by atoms with van der Waals surface area (Å²) in [6.07, 6.45) is 4.44. The van der Waals surface area contributed by atoms with Gasteiger partial charge in [-0.05, 0) is 19.4 Å². The van der Waals surface area contributed by atoms with Crippen LogP contribution < -0.4 is 0 Å². The first-order valence-corrected chi connectivity index (χ1v) is 5.56. The maximum absolute atomic E-state index is 11.9. The van der Waals surface area contributed by atoms with Crippen LogP contribution in [0, 0.1) is 0 Å². The summed E-state index contributed by atoms with van der Waals surface area (Å²) in [5.74, 6) is 0.123. The molecule has 0 radical (unpaired) electrons. The molecule has 1 atom stereocenters. The average Bonchev–Trinajstić information content (AvgIpc) is 2.73. The highest BCUT2D eigenvalue weighted by Crippen LogP contribution is 2.20. The monoisotopic (exact) mass is 222 g/mol. The minimum Gasteiger partial charge on any atom is -0.389 e. The van der Waals surface area contributed by atoms with Gasteiger partial charge in [0.1, 0.15) is 0 Å². The fourth-order valence-electron chi connectivity index (χ4n) is 2.14. The SMILES string of the molecule is Cn1ccc(C(=O)CN2CCC(C)(O)C2)c1. The molecule has 0 aliphatic carbocycles. The van der Waals surface area contributed by atoms with Gasteiger partial charge in [-0.25, -0.2) is 0 Å². The molecule has 1 N–H and O–H groups in total. The molecule has 0 saturated carbocycles. The molecular formula is C12H18N2O2. The molecule has 1 saturated heterocycles. The van der Waals surface area contributed by atoms with Crippen molar-refractivity contribution in [2.24, 2.45) is 7.05 Å². The minimum atomic E-state index is -0.628. The Hall–Kier alpha value is -1.13. The van der Waals surface area contributed by atoms with Crippen molar-refractivity contribution in [2.75, 3.05) is 19.6 Å². The molecule has 0 bridgehead atoms. The lowest BCUT2D eigenvalue weighted by molar-refractivity contribution is 0.0669. The van der Waals surface area contributed by atoms with E-state index in [0.717, 1.165) is 18.5 Å². The fraction of sp³-hybridized carbons (Fsp3) is 0.583. The third-order valence-corrected chi connectivity index (χ3v) is 3.05. The predicted octanol–water partition coefficient (Wildman–Crippen LogP) is 0.664. The molecule has 0 amide bonds. The molecule has 1 unspecified atom stereocenters. The molecule has 2 rings (SSSR count). The lowest BCUT2D eigenvalue weighted by Gasteiger charge is -2.17. The maximum atomic E-state index is 11.9. The lowest BCUT2D eigenvalue weighted by Crippen LogP contribution is -2.33. The van der Waals surface area contributed by atoms with Gasteiger partial charge in [0, 0.05) is 38.1 Å². The first-order valence-electron chi connectivity index (χ1n) is 5.56. The van der Waals surface area contributed by atoms with Crippen molar-refractivity contribution in [2.45, 2.75) is 18.9 Å². The second-order valence-corrected chi connectivity index (χ2v) is 4.95. The molecule has 1 aliphatic heterocycles. The summed E-state index contributed by atoms with van der Waals surface area (Å²) in [6, 6.07) is 1.83. The van der Waals surface area contributed by atoms with Crippen LogP contribution in [0.15, 0.2) is 18.5 Å². The van der Waals surface area contributed by atoms with Crippen molar-refractivity contribution in [1.82, 2.24) is 9.47 Å². The minimum absolute atomic E-state index is 0.123. The number of ketones is 1. The van der Waals surface area contributed by atoms with Crippen LogP contribution in [-0.4, -0.2) is 45.6 Å². The number of hydrogen-bond donors (Lipinski definition) is 1. The fourth-order valence-corrected chi connectivity index (χ4v) is 2.14. The van der Waals surface area contributed by atoms with Crippen LogP contribution in [0.4, 0.5) is 0 Å².